The van der Waals surface area contributed by atoms with Crippen molar-refractivity contribution in [2.45, 2.75) is 44.7 Å². The highest BCUT2D eigenvalue weighted by Crippen LogP contribution is 2.24. The van der Waals surface area contributed by atoms with Crippen LogP contribution in [0.25, 0.3) is 0 Å². The highest BCUT2D eigenvalue weighted by Gasteiger charge is 2.28. The van der Waals surface area contributed by atoms with Crippen molar-refractivity contribution >= 4 is 5.91 Å². The Labute approximate surface area is 144 Å². The van der Waals surface area contributed by atoms with Gasteiger partial charge in [-0.25, -0.2) is 4.68 Å². The van der Waals surface area contributed by atoms with E-state index in [4.69, 9.17) is 0 Å². The number of carbonyl (C=O) groups is 1. The molecule has 1 atom stereocenters. The number of rotatable bonds is 5. The largest absolute Gasteiger partial charge is 0.508 e. The van der Waals surface area contributed by atoms with Gasteiger partial charge < -0.3 is 10.0 Å². The quantitative estimate of drug-likeness (QED) is 0.897. The van der Waals surface area contributed by atoms with E-state index in [1.807, 2.05) is 12.1 Å². The molecular weight excluding hydrogens is 328 g/mol. The molecule has 2 aromatic rings. The number of hydrogen-bond acceptors (Lipinski definition) is 3. The summed E-state index contributed by atoms with van der Waals surface area (Å²) in [6.45, 7) is -2.12. The standard InChI is InChI=1S/C18H21F2N3O2/c19-18(20)23-12-10-16(21-23)17(25)22-11-2-1-3-14(22)7-4-13-5-8-15(24)9-6-13/h5-6,8-10,12,14,18,24H,1-4,7,11H2/t14-/m1/s1. The molecule has 1 aliphatic heterocycles. The number of aromatic hydroxyl groups is 1. The Kier molecular flexibility index (Phi) is 5.31. The van der Waals surface area contributed by atoms with E-state index in [0.717, 1.165) is 43.9 Å². The average Bonchev–Trinajstić information content (AvgIpc) is 3.11. The summed E-state index contributed by atoms with van der Waals surface area (Å²) in [5.74, 6) is -0.0531. The van der Waals surface area contributed by atoms with Crippen LogP contribution in [-0.2, 0) is 6.42 Å². The van der Waals surface area contributed by atoms with Crippen molar-refractivity contribution in [3.05, 3.63) is 47.8 Å². The lowest BCUT2D eigenvalue weighted by atomic mass is 9.95. The fourth-order valence-corrected chi connectivity index (χ4v) is 3.27. The molecule has 0 spiro atoms. The number of phenolic OH excluding ortho intramolecular Hbond substituents is 1. The normalized spacial score (nSPS) is 17.9. The molecule has 0 unspecified atom stereocenters. The van der Waals surface area contributed by atoms with Gasteiger partial charge in [0.1, 0.15) is 5.75 Å². The molecule has 0 radical (unpaired) electrons. The van der Waals surface area contributed by atoms with Crippen LogP contribution in [0, 0.1) is 0 Å². The molecule has 1 aromatic carbocycles. The lowest BCUT2D eigenvalue weighted by Crippen LogP contribution is -2.44. The second-order valence-corrected chi connectivity index (χ2v) is 6.31. The number of piperidine rings is 1. The Bertz CT molecular complexity index is 715. The zero-order valence-electron chi connectivity index (χ0n) is 13.8. The summed E-state index contributed by atoms with van der Waals surface area (Å²) in [5.41, 5.74) is 1.16. The van der Waals surface area contributed by atoms with Crippen LogP contribution < -0.4 is 0 Å². The molecular formula is C18H21F2N3O2. The number of phenols is 1. The van der Waals surface area contributed by atoms with Gasteiger partial charge in [0.15, 0.2) is 5.69 Å². The zero-order valence-corrected chi connectivity index (χ0v) is 13.8. The van der Waals surface area contributed by atoms with Gasteiger partial charge in [-0.3, -0.25) is 4.79 Å². The monoisotopic (exact) mass is 349 g/mol. The first kappa shape index (κ1) is 17.4. The summed E-state index contributed by atoms with van der Waals surface area (Å²) in [5, 5.41) is 13.0. The molecule has 0 bridgehead atoms. The van der Waals surface area contributed by atoms with Gasteiger partial charge in [0.05, 0.1) is 0 Å². The van der Waals surface area contributed by atoms with Crippen molar-refractivity contribution in [3.63, 3.8) is 0 Å². The Balaban J connectivity index is 1.67. The molecule has 2 heterocycles. The summed E-state index contributed by atoms with van der Waals surface area (Å²) in [6, 6.07) is 8.46. The topological polar surface area (TPSA) is 58.4 Å². The van der Waals surface area contributed by atoms with E-state index in [0.29, 0.717) is 11.2 Å². The van der Waals surface area contributed by atoms with Gasteiger partial charge >= 0.3 is 6.55 Å². The number of aromatic nitrogens is 2. The Morgan fingerprint density at radius 2 is 2.00 bits per heavy atom. The third kappa shape index (κ3) is 4.15. The van der Waals surface area contributed by atoms with Crippen LogP contribution in [0.4, 0.5) is 8.78 Å². The second kappa shape index (κ2) is 7.63. The van der Waals surface area contributed by atoms with E-state index in [2.05, 4.69) is 5.10 Å². The summed E-state index contributed by atoms with van der Waals surface area (Å²) in [4.78, 5) is 14.4. The fourth-order valence-electron chi connectivity index (χ4n) is 3.27. The number of hydrogen-bond donors (Lipinski definition) is 1. The molecule has 5 nitrogen and oxygen atoms in total. The number of amides is 1. The van der Waals surface area contributed by atoms with Gasteiger partial charge in [0.2, 0.25) is 0 Å². The number of aryl methyl sites for hydroxylation is 1. The molecule has 134 valence electrons. The van der Waals surface area contributed by atoms with Crippen LogP contribution in [0.3, 0.4) is 0 Å². The molecule has 1 fully saturated rings. The van der Waals surface area contributed by atoms with Gasteiger partial charge in [-0.05, 0) is 55.9 Å². The highest BCUT2D eigenvalue weighted by molar-refractivity contribution is 5.92. The maximum Gasteiger partial charge on any atom is 0.333 e. The van der Waals surface area contributed by atoms with Crippen LogP contribution in [-0.4, -0.2) is 38.3 Å². The van der Waals surface area contributed by atoms with E-state index in [1.165, 1.54) is 6.07 Å². The van der Waals surface area contributed by atoms with Crippen molar-refractivity contribution in [2.24, 2.45) is 0 Å². The smallest absolute Gasteiger partial charge is 0.333 e. The van der Waals surface area contributed by atoms with Gasteiger partial charge in [-0.2, -0.15) is 13.9 Å². The number of alkyl halides is 2. The third-order valence-electron chi connectivity index (χ3n) is 4.62. The van der Waals surface area contributed by atoms with Crippen LogP contribution >= 0.6 is 0 Å². The molecule has 3 rings (SSSR count). The Hall–Kier alpha value is -2.44. The van der Waals surface area contributed by atoms with Gasteiger partial charge in [-0.1, -0.05) is 12.1 Å². The van der Waals surface area contributed by atoms with Crippen molar-refractivity contribution in [1.29, 1.82) is 0 Å². The molecule has 25 heavy (non-hydrogen) atoms. The minimum atomic E-state index is -2.74. The van der Waals surface area contributed by atoms with Crippen molar-refractivity contribution in [3.8, 4) is 5.75 Å². The van der Waals surface area contributed by atoms with Crippen LogP contribution in [0.5, 0.6) is 5.75 Å². The summed E-state index contributed by atoms with van der Waals surface area (Å²) in [6.07, 6.45) is 5.59. The number of benzene rings is 1. The first-order chi connectivity index (χ1) is 12.0. The predicted molar refractivity (Wildman–Crippen MR) is 88.6 cm³/mol. The minimum Gasteiger partial charge on any atom is -0.508 e. The molecule has 7 heteroatoms. The van der Waals surface area contributed by atoms with E-state index in [-0.39, 0.29) is 23.4 Å². The predicted octanol–water partition coefficient (Wildman–Crippen LogP) is 3.61. The molecule has 1 aliphatic rings. The zero-order chi connectivity index (χ0) is 17.8. The minimum absolute atomic E-state index is 0.0665. The SMILES string of the molecule is O=C(c1ccn(C(F)F)n1)N1CCCC[C@@H]1CCc1ccc(O)cc1. The van der Waals surface area contributed by atoms with E-state index in [1.54, 1.807) is 17.0 Å². The fraction of sp³-hybridized carbons (Fsp3) is 0.444. The van der Waals surface area contributed by atoms with Crippen LogP contribution in [0.1, 0.15) is 48.3 Å². The molecule has 0 aliphatic carbocycles. The van der Waals surface area contributed by atoms with E-state index >= 15 is 0 Å². The Morgan fingerprint density at radius 3 is 2.68 bits per heavy atom. The first-order valence-corrected chi connectivity index (χ1v) is 8.47. The van der Waals surface area contributed by atoms with Crippen molar-refractivity contribution < 1.29 is 18.7 Å². The molecule has 1 saturated heterocycles. The lowest BCUT2D eigenvalue weighted by Gasteiger charge is -2.35. The number of carbonyl (C=O) groups excluding carboxylic acids is 1. The van der Waals surface area contributed by atoms with Gasteiger partial charge in [0.25, 0.3) is 5.91 Å². The molecule has 0 saturated carbocycles. The van der Waals surface area contributed by atoms with Gasteiger partial charge in [-0.15, -0.1) is 0 Å². The first-order valence-electron chi connectivity index (χ1n) is 8.47. The summed E-state index contributed by atoms with van der Waals surface area (Å²) >= 11 is 0. The Morgan fingerprint density at radius 1 is 1.24 bits per heavy atom. The number of halogens is 2. The maximum absolute atomic E-state index is 12.7. The van der Waals surface area contributed by atoms with Crippen molar-refractivity contribution in [2.75, 3.05) is 6.54 Å². The summed E-state index contributed by atoms with van der Waals surface area (Å²) < 4.78 is 25.8. The average molecular weight is 349 g/mol. The molecule has 1 amide bonds. The molecule has 1 N–H and O–H groups in total. The lowest BCUT2D eigenvalue weighted by molar-refractivity contribution is 0.0524. The van der Waals surface area contributed by atoms with Crippen molar-refractivity contribution in [1.82, 2.24) is 14.7 Å². The molecule has 1 aromatic heterocycles. The van der Waals surface area contributed by atoms with Crippen LogP contribution in [0.2, 0.25) is 0 Å². The van der Waals surface area contributed by atoms with Crippen LogP contribution in [0.15, 0.2) is 36.5 Å². The highest BCUT2D eigenvalue weighted by atomic mass is 19.3. The number of nitrogens with zero attached hydrogens (tertiary/aromatic N) is 3. The van der Waals surface area contributed by atoms with E-state index < -0.39 is 6.55 Å². The maximum atomic E-state index is 12.7. The van der Waals surface area contributed by atoms with Gasteiger partial charge in [0, 0.05) is 18.8 Å². The van der Waals surface area contributed by atoms with E-state index in [9.17, 15) is 18.7 Å². The number of likely N-dealkylation sites (tertiary alicyclic amines) is 1. The third-order valence-corrected chi connectivity index (χ3v) is 4.62. The second-order valence-electron chi connectivity index (χ2n) is 6.31. The summed E-state index contributed by atoms with van der Waals surface area (Å²) in [7, 11) is 0.